The van der Waals surface area contributed by atoms with E-state index >= 15 is 0 Å². The standard InChI is InChI=1S/C27H28N4O3/c32-27(29-28-19-23-5-4-8-25-26(23)34-18-17-33-25)22-11-9-21(10-12-22)20-30-13-15-31(16-14-30)24-6-2-1-3-7-24/h1-12,19H,13-18,20H2,(H,29,32)/b28-19-. The molecule has 1 amide bonds. The van der Waals surface area contributed by atoms with Gasteiger partial charge in [-0.1, -0.05) is 36.4 Å². The Morgan fingerprint density at radius 2 is 1.65 bits per heavy atom. The van der Waals surface area contributed by atoms with Gasteiger partial charge in [-0.2, -0.15) is 5.10 Å². The first kappa shape index (κ1) is 22.0. The number of rotatable bonds is 6. The molecule has 0 saturated carbocycles. The molecule has 7 nitrogen and oxygen atoms in total. The summed E-state index contributed by atoms with van der Waals surface area (Å²) in [4.78, 5) is 17.4. The van der Waals surface area contributed by atoms with E-state index < -0.39 is 0 Å². The molecule has 0 aromatic heterocycles. The molecule has 3 aromatic carbocycles. The number of para-hydroxylation sites is 2. The first-order valence-electron chi connectivity index (χ1n) is 11.6. The van der Waals surface area contributed by atoms with Crippen molar-refractivity contribution in [3.63, 3.8) is 0 Å². The first-order chi connectivity index (χ1) is 16.8. The van der Waals surface area contributed by atoms with Gasteiger partial charge in [0.2, 0.25) is 0 Å². The van der Waals surface area contributed by atoms with E-state index in [0.717, 1.165) is 38.3 Å². The van der Waals surface area contributed by atoms with E-state index in [1.807, 2.05) is 42.5 Å². The number of fused-ring (bicyclic) bond motifs is 1. The molecule has 0 radical (unpaired) electrons. The molecule has 2 aliphatic heterocycles. The highest BCUT2D eigenvalue weighted by molar-refractivity contribution is 5.95. The van der Waals surface area contributed by atoms with Gasteiger partial charge >= 0.3 is 0 Å². The maximum atomic E-state index is 12.5. The number of benzene rings is 3. The van der Waals surface area contributed by atoms with Crippen molar-refractivity contribution < 1.29 is 14.3 Å². The maximum absolute atomic E-state index is 12.5. The predicted octanol–water partition coefficient (Wildman–Crippen LogP) is 3.54. The molecule has 1 N–H and O–H groups in total. The van der Waals surface area contributed by atoms with E-state index in [9.17, 15) is 4.79 Å². The molecule has 2 aliphatic rings. The molecule has 7 heteroatoms. The van der Waals surface area contributed by atoms with Crippen LogP contribution in [-0.4, -0.2) is 56.4 Å². The van der Waals surface area contributed by atoms with E-state index in [1.165, 1.54) is 11.3 Å². The van der Waals surface area contributed by atoms with Crippen molar-refractivity contribution in [1.82, 2.24) is 10.3 Å². The number of carbonyl (C=O) groups is 1. The first-order valence-corrected chi connectivity index (χ1v) is 11.6. The molecule has 1 fully saturated rings. The van der Waals surface area contributed by atoms with Crippen LogP contribution in [-0.2, 0) is 6.54 Å². The summed E-state index contributed by atoms with van der Waals surface area (Å²) >= 11 is 0. The number of nitrogens with zero attached hydrogens (tertiary/aromatic N) is 3. The molecule has 0 aliphatic carbocycles. The van der Waals surface area contributed by atoms with Gasteiger partial charge in [0.15, 0.2) is 11.5 Å². The molecular formula is C27H28N4O3. The monoisotopic (exact) mass is 456 g/mol. The van der Waals surface area contributed by atoms with Crippen LogP contribution in [0.4, 0.5) is 5.69 Å². The second-order valence-corrected chi connectivity index (χ2v) is 8.37. The summed E-state index contributed by atoms with van der Waals surface area (Å²) in [6.45, 7) is 5.98. The molecule has 2 heterocycles. The van der Waals surface area contributed by atoms with Crippen LogP contribution >= 0.6 is 0 Å². The van der Waals surface area contributed by atoms with E-state index in [-0.39, 0.29) is 5.91 Å². The highest BCUT2D eigenvalue weighted by Crippen LogP contribution is 2.32. The quantitative estimate of drug-likeness (QED) is 0.454. The summed E-state index contributed by atoms with van der Waals surface area (Å²) < 4.78 is 11.2. The summed E-state index contributed by atoms with van der Waals surface area (Å²) in [6.07, 6.45) is 1.58. The summed E-state index contributed by atoms with van der Waals surface area (Å²) in [5.74, 6) is 1.10. The fourth-order valence-electron chi connectivity index (χ4n) is 4.25. The van der Waals surface area contributed by atoms with Gasteiger partial charge in [-0.3, -0.25) is 9.69 Å². The van der Waals surface area contributed by atoms with Crippen molar-refractivity contribution in [2.45, 2.75) is 6.54 Å². The third-order valence-corrected chi connectivity index (χ3v) is 6.08. The van der Waals surface area contributed by atoms with Crippen molar-refractivity contribution in [1.29, 1.82) is 0 Å². The Morgan fingerprint density at radius 1 is 0.882 bits per heavy atom. The number of amides is 1. The molecule has 1 saturated heterocycles. The average Bonchev–Trinajstić information content (AvgIpc) is 2.90. The molecule has 5 rings (SSSR count). The molecule has 0 atom stereocenters. The molecule has 3 aromatic rings. The predicted molar refractivity (Wildman–Crippen MR) is 133 cm³/mol. The van der Waals surface area contributed by atoms with Crippen molar-refractivity contribution in [3.8, 4) is 11.5 Å². The Balaban J connectivity index is 1.12. The normalized spacial score (nSPS) is 15.9. The van der Waals surface area contributed by atoms with Gasteiger partial charge < -0.3 is 14.4 Å². The van der Waals surface area contributed by atoms with Gasteiger partial charge in [-0.15, -0.1) is 0 Å². The Bertz CT molecular complexity index is 1140. The zero-order chi connectivity index (χ0) is 23.2. The van der Waals surface area contributed by atoms with Gasteiger partial charge in [0.05, 0.1) is 6.21 Å². The second-order valence-electron chi connectivity index (χ2n) is 8.37. The van der Waals surface area contributed by atoms with Gasteiger partial charge in [-0.05, 0) is 42.0 Å². The molecule has 0 spiro atoms. The van der Waals surface area contributed by atoms with Gasteiger partial charge in [0.25, 0.3) is 5.91 Å². The van der Waals surface area contributed by atoms with Crippen molar-refractivity contribution in [2.24, 2.45) is 5.10 Å². The van der Waals surface area contributed by atoms with E-state index in [2.05, 4.69) is 50.7 Å². The highest BCUT2D eigenvalue weighted by Gasteiger charge is 2.17. The van der Waals surface area contributed by atoms with Crippen LogP contribution in [0.5, 0.6) is 11.5 Å². The zero-order valence-corrected chi connectivity index (χ0v) is 19.0. The minimum absolute atomic E-state index is 0.249. The number of anilines is 1. The third kappa shape index (κ3) is 5.21. The van der Waals surface area contributed by atoms with Crippen LogP contribution in [0.1, 0.15) is 21.5 Å². The molecule has 0 bridgehead atoms. The Kier molecular flexibility index (Phi) is 6.72. The minimum Gasteiger partial charge on any atom is -0.486 e. The summed E-state index contributed by atoms with van der Waals surface area (Å²) in [5.41, 5.74) is 6.41. The summed E-state index contributed by atoms with van der Waals surface area (Å²) in [6, 6.07) is 23.9. The van der Waals surface area contributed by atoms with E-state index in [0.29, 0.717) is 30.3 Å². The van der Waals surface area contributed by atoms with Crippen LogP contribution in [0.15, 0.2) is 77.9 Å². The van der Waals surface area contributed by atoms with Gasteiger partial charge in [0, 0.05) is 49.5 Å². The molecule has 174 valence electrons. The van der Waals surface area contributed by atoms with Crippen molar-refractivity contribution in [2.75, 3.05) is 44.3 Å². The lowest BCUT2D eigenvalue weighted by Crippen LogP contribution is -2.45. The average molecular weight is 457 g/mol. The highest BCUT2D eigenvalue weighted by atomic mass is 16.6. The largest absolute Gasteiger partial charge is 0.486 e. The number of hydrogen-bond acceptors (Lipinski definition) is 6. The van der Waals surface area contributed by atoms with Gasteiger partial charge in [0.1, 0.15) is 13.2 Å². The number of nitrogens with one attached hydrogen (secondary N) is 1. The fraction of sp³-hybridized carbons (Fsp3) is 0.259. The van der Waals surface area contributed by atoms with Crippen LogP contribution in [0.2, 0.25) is 0 Å². The topological polar surface area (TPSA) is 66.4 Å². The fourth-order valence-corrected chi connectivity index (χ4v) is 4.25. The molecular weight excluding hydrogens is 428 g/mol. The number of carbonyl (C=O) groups excluding carboxylic acids is 1. The smallest absolute Gasteiger partial charge is 0.271 e. The molecule has 0 unspecified atom stereocenters. The van der Waals surface area contributed by atoms with Crippen molar-refractivity contribution in [3.05, 3.63) is 89.5 Å². The summed E-state index contributed by atoms with van der Waals surface area (Å²) in [5, 5.41) is 4.10. The molecule has 34 heavy (non-hydrogen) atoms. The lowest BCUT2D eigenvalue weighted by molar-refractivity contribution is 0.0955. The van der Waals surface area contributed by atoms with Crippen LogP contribution < -0.4 is 19.8 Å². The lowest BCUT2D eigenvalue weighted by Gasteiger charge is -2.36. The SMILES string of the molecule is O=C(N/N=C\c1cccc2c1OCCO2)c1ccc(CN2CCN(c3ccccc3)CC2)cc1. The van der Waals surface area contributed by atoms with Crippen LogP contribution in [0, 0.1) is 0 Å². The Hall–Kier alpha value is -3.84. The zero-order valence-electron chi connectivity index (χ0n) is 19.0. The maximum Gasteiger partial charge on any atom is 0.271 e. The van der Waals surface area contributed by atoms with E-state index in [1.54, 1.807) is 6.21 Å². The van der Waals surface area contributed by atoms with Crippen LogP contribution in [0.25, 0.3) is 0 Å². The van der Waals surface area contributed by atoms with E-state index in [4.69, 9.17) is 9.47 Å². The van der Waals surface area contributed by atoms with Crippen molar-refractivity contribution >= 4 is 17.8 Å². The van der Waals surface area contributed by atoms with Crippen LogP contribution in [0.3, 0.4) is 0 Å². The number of hydrogen-bond donors (Lipinski definition) is 1. The number of piperazine rings is 1. The second kappa shape index (κ2) is 10.4. The lowest BCUT2D eigenvalue weighted by atomic mass is 10.1. The Morgan fingerprint density at radius 3 is 2.44 bits per heavy atom. The number of hydrazone groups is 1. The number of ether oxygens (including phenoxy) is 2. The Labute approximate surface area is 199 Å². The minimum atomic E-state index is -0.249. The third-order valence-electron chi connectivity index (χ3n) is 6.08. The summed E-state index contributed by atoms with van der Waals surface area (Å²) in [7, 11) is 0. The van der Waals surface area contributed by atoms with Gasteiger partial charge in [-0.25, -0.2) is 5.43 Å².